The third-order valence-electron chi connectivity index (χ3n) is 2.77. The third kappa shape index (κ3) is 1.49. The summed E-state index contributed by atoms with van der Waals surface area (Å²) in [4.78, 5) is 3.91. The molecule has 0 bridgehead atoms. The van der Waals surface area contributed by atoms with Gasteiger partial charge in [0.05, 0.1) is 5.69 Å². The Morgan fingerprint density at radius 1 is 1.33 bits per heavy atom. The van der Waals surface area contributed by atoms with E-state index in [9.17, 15) is 4.39 Å². The Morgan fingerprint density at radius 3 is 2.83 bits per heavy atom. The Bertz CT molecular complexity index is 687. The molecule has 6 heteroatoms. The number of para-hydroxylation sites is 1. The van der Waals surface area contributed by atoms with Gasteiger partial charge in [-0.2, -0.15) is 14.8 Å². The maximum atomic E-state index is 14.0. The van der Waals surface area contributed by atoms with Crippen molar-refractivity contribution in [2.45, 2.75) is 19.8 Å². The van der Waals surface area contributed by atoms with E-state index in [4.69, 9.17) is 0 Å². The molecule has 0 saturated heterocycles. The second-order valence-electron chi connectivity index (χ2n) is 4.32. The van der Waals surface area contributed by atoms with E-state index in [-0.39, 0.29) is 17.7 Å². The lowest BCUT2D eigenvalue weighted by Gasteiger charge is -1.98. The molecule has 0 unspecified atom stereocenters. The number of fused-ring (bicyclic) bond motifs is 1. The molecule has 2 aromatic heterocycles. The summed E-state index contributed by atoms with van der Waals surface area (Å²) in [6.45, 7) is 4.01. The van der Waals surface area contributed by atoms with Crippen LogP contribution in [0.5, 0.6) is 0 Å². The number of benzene rings is 1. The first kappa shape index (κ1) is 10.9. The van der Waals surface area contributed by atoms with Gasteiger partial charge in [0.2, 0.25) is 6.39 Å². The quantitative estimate of drug-likeness (QED) is 0.697. The number of hydrogen-bond acceptors (Lipinski definition) is 4. The first-order valence-electron chi connectivity index (χ1n) is 5.62. The predicted octanol–water partition coefficient (Wildman–Crippen LogP) is 2.67. The molecule has 1 aromatic carbocycles. The minimum Gasteiger partial charge on any atom is -0.341 e. The van der Waals surface area contributed by atoms with Gasteiger partial charge in [0.25, 0.3) is 5.95 Å². The molecule has 3 aromatic rings. The first-order chi connectivity index (χ1) is 8.68. The van der Waals surface area contributed by atoms with Crippen LogP contribution in [0.2, 0.25) is 0 Å². The van der Waals surface area contributed by atoms with E-state index in [1.54, 1.807) is 6.07 Å². The predicted molar refractivity (Wildman–Crippen MR) is 63.0 cm³/mol. The van der Waals surface area contributed by atoms with Gasteiger partial charge in [-0.1, -0.05) is 26.0 Å². The zero-order chi connectivity index (χ0) is 12.7. The highest BCUT2D eigenvalue weighted by Gasteiger charge is 2.19. The Labute approximate surface area is 102 Å². The molecule has 92 valence electrons. The monoisotopic (exact) mass is 246 g/mol. The summed E-state index contributed by atoms with van der Waals surface area (Å²) in [6, 6.07) is 4.91. The number of aromatic nitrogens is 4. The molecule has 0 fully saturated rings. The second kappa shape index (κ2) is 3.90. The van der Waals surface area contributed by atoms with Crippen LogP contribution >= 0.6 is 0 Å². The number of nitrogens with zero attached hydrogens (tertiary/aromatic N) is 4. The molecule has 0 spiro atoms. The van der Waals surface area contributed by atoms with Crippen LogP contribution in [0.15, 0.2) is 29.1 Å². The van der Waals surface area contributed by atoms with Crippen LogP contribution in [0.4, 0.5) is 4.39 Å². The Morgan fingerprint density at radius 2 is 2.17 bits per heavy atom. The Balaban J connectivity index is 2.39. The van der Waals surface area contributed by atoms with Gasteiger partial charge in [-0.25, -0.2) is 4.39 Å². The molecular formula is C12H11FN4O. The van der Waals surface area contributed by atoms with Gasteiger partial charge in [0, 0.05) is 5.39 Å². The third-order valence-corrected chi connectivity index (χ3v) is 2.77. The summed E-state index contributed by atoms with van der Waals surface area (Å²) in [5, 5.41) is 8.85. The van der Waals surface area contributed by atoms with E-state index in [1.807, 2.05) is 19.9 Å². The average molecular weight is 246 g/mol. The van der Waals surface area contributed by atoms with Crippen molar-refractivity contribution in [3.63, 3.8) is 0 Å². The van der Waals surface area contributed by atoms with E-state index < -0.39 is 0 Å². The van der Waals surface area contributed by atoms with Gasteiger partial charge < -0.3 is 4.52 Å². The van der Waals surface area contributed by atoms with Crippen molar-refractivity contribution in [1.82, 2.24) is 19.9 Å². The van der Waals surface area contributed by atoms with Gasteiger partial charge in [-0.3, -0.25) is 0 Å². The summed E-state index contributed by atoms with van der Waals surface area (Å²) >= 11 is 0. The molecule has 18 heavy (non-hydrogen) atoms. The lowest BCUT2D eigenvalue weighted by molar-refractivity contribution is 0.413. The van der Waals surface area contributed by atoms with Crippen molar-refractivity contribution in [1.29, 1.82) is 0 Å². The first-order valence-corrected chi connectivity index (χ1v) is 5.62. The van der Waals surface area contributed by atoms with Gasteiger partial charge in [0.1, 0.15) is 11.3 Å². The van der Waals surface area contributed by atoms with Crippen LogP contribution in [0.3, 0.4) is 0 Å². The van der Waals surface area contributed by atoms with Gasteiger partial charge in [-0.15, -0.1) is 0 Å². The molecule has 0 aliphatic heterocycles. The van der Waals surface area contributed by atoms with Crippen LogP contribution in [0.25, 0.3) is 16.9 Å². The van der Waals surface area contributed by atoms with Gasteiger partial charge in [0.15, 0.2) is 0 Å². The van der Waals surface area contributed by atoms with Crippen LogP contribution in [0.1, 0.15) is 25.5 Å². The largest absolute Gasteiger partial charge is 0.341 e. The normalized spacial score (nSPS) is 11.6. The molecule has 0 aliphatic rings. The van der Waals surface area contributed by atoms with Gasteiger partial charge >= 0.3 is 0 Å². The smallest absolute Gasteiger partial charge is 0.291 e. The standard InChI is InChI=1S/C12H11FN4O/c1-7(2)10-8-4-3-5-9(13)11(8)17(15-10)12-14-6-18-16-12/h3-7H,1-2H3. The number of hydrogen-bond donors (Lipinski definition) is 0. The molecule has 2 heterocycles. The van der Waals surface area contributed by atoms with E-state index in [1.165, 1.54) is 17.1 Å². The minimum atomic E-state index is -0.350. The van der Waals surface area contributed by atoms with Crippen LogP contribution < -0.4 is 0 Å². The van der Waals surface area contributed by atoms with Crippen molar-refractivity contribution < 1.29 is 8.91 Å². The molecule has 0 aliphatic carbocycles. The maximum absolute atomic E-state index is 14.0. The van der Waals surface area contributed by atoms with Crippen molar-refractivity contribution >= 4 is 10.9 Å². The SMILES string of the molecule is CC(C)c1nn(-c2ncon2)c2c(F)cccc12. The van der Waals surface area contributed by atoms with Crippen molar-refractivity contribution in [2.75, 3.05) is 0 Å². The molecular weight excluding hydrogens is 235 g/mol. The highest BCUT2D eigenvalue weighted by Crippen LogP contribution is 2.27. The van der Waals surface area contributed by atoms with Crippen molar-refractivity contribution in [2.24, 2.45) is 0 Å². The molecule has 0 N–H and O–H groups in total. The maximum Gasteiger partial charge on any atom is 0.291 e. The Kier molecular flexibility index (Phi) is 2.36. The van der Waals surface area contributed by atoms with Crippen LogP contribution in [0, 0.1) is 5.82 Å². The van der Waals surface area contributed by atoms with E-state index >= 15 is 0 Å². The molecule has 0 atom stereocenters. The van der Waals surface area contributed by atoms with E-state index in [2.05, 4.69) is 19.8 Å². The number of rotatable bonds is 2. The molecule has 0 saturated carbocycles. The lowest BCUT2D eigenvalue weighted by Crippen LogP contribution is -2.01. The zero-order valence-corrected chi connectivity index (χ0v) is 9.96. The van der Waals surface area contributed by atoms with E-state index in [0.29, 0.717) is 5.52 Å². The summed E-state index contributed by atoms with van der Waals surface area (Å²) in [6.07, 6.45) is 1.19. The summed E-state index contributed by atoms with van der Waals surface area (Å²) in [5.74, 6) is 0.0659. The van der Waals surface area contributed by atoms with Crippen molar-refractivity contribution in [3.05, 3.63) is 36.1 Å². The van der Waals surface area contributed by atoms with Crippen LogP contribution in [-0.4, -0.2) is 19.9 Å². The van der Waals surface area contributed by atoms with E-state index in [0.717, 1.165) is 11.1 Å². The van der Waals surface area contributed by atoms with Gasteiger partial charge in [-0.05, 0) is 17.1 Å². The Hall–Kier alpha value is -2.24. The van der Waals surface area contributed by atoms with Crippen LogP contribution in [-0.2, 0) is 0 Å². The second-order valence-corrected chi connectivity index (χ2v) is 4.32. The number of halogens is 1. The fourth-order valence-electron chi connectivity index (χ4n) is 1.98. The molecule has 0 radical (unpaired) electrons. The highest BCUT2D eigenvalue weighted by molar-refractivity contribution is 5.84. The van der Waals surface area contributed by atoms with Crippen molar-refractivity contribution in [3.8, 4) is 5.95 Å². The fourth-order valence-corrected chi connectivity index (χ4v) is 1.98. The summed E-state index contributed by atoms with van der Waals surface area (Å²) < 4.78 is 20.0. The molecule has 3 rings (SSSR count). The summed E-state index contributed by atoms with van der Waals surface area (Å²) in [5.41, 5.74) is 1.19. The molecule has 0 amide bonds. The highest BCUT2D eigenvalue weighted by atomic mass is 19.1. The minimum absolute atomic E-state index is 0.183. The fraction of sp³-hybridized carbons (Fsp3) is 0.250. The molecule has 5 nitrogen and oxygen atoms in total. The summed E-state index contributed by atoms with van der Waals surface area (Å²) in [7, 11) is 0. The topological polar surface area (TPSA) is 56.7 Å². The average Bonchev–Trinajstić information content (AvgIpc) is 2.95. The lowest BCUT2D eigenvalue weighted by atomic mass is 10.1. The zero-order valence-electron chi connectivity index (χ0n) is 9.96.